The van der Waals surface area contributed by atoms with E-state index in [0.29, 0.717) is 5.02 Å². The van der Waals surface area contributed by atoms with Gasteiger partial charge in [0.2, 0.25) is 5.91 Å². The molecule has 0 aromatic heterocycles. The quantitative estimate of drug-likeness (QED) is 0.837. The lowest BCUT2D eigenvalue weighted by Crippen LogP contribution is -2.38. The Morgan fingerprint density at radius 3 is 2.50 bits per heavy atom. The first-order valence-corrected chi connectivity index (χ1v) is 8.66. The van der Waals surface area contributed by atoms with Crippen LogP contribution in [0.1, 0.15) is 36.8 Å². The number of hydrogen-bond donors (Lipinski definition) is 1. The van der Waals surface area contributed by atoms with Gasteiger partial charge in [0.1, 0.15) is 5.75 Å². The van der Waals surface area contributed by atoms with Crippen molar-refractivity contribution in [1.82, 2.24) is 0 Å². The van der Waals surface area contributed by atoms with Gasteiger partial charge in [-0.25, -0.2) is 0 Å². The van der Waals surface area contributed by atoms with Gasteiger partial charge in [0, 0.05) is 10.7 Å². The maximum Gasteiger partial charge on any atom is 0.235 e. The number of ether oxygens (including phenoxy) is 1. The molecule has 2 aromatic rings. The SMILES string of the molecule is COc1ccc(NC(=O)C2(c3ccccc3Cl)CCCC2)cc1C. The van der Waals surface area contributed by atoms with E-state index >= 15 is 0 Å². The van der Waals surface area contributed by atoms with Gasteiger partial charge >= 0.3 is 0 Å². The first-order chi connectivity index (χ1) is 11.6. The summed E-state index contributed by atoms with van der Waals surface area (Å²) in [4.78, 5) is 13.2. The fourth-order valence-electron chi connectivity index (χ4n) is 3.65. The van der Waals surface area contributed by atoms with E-state index < -0.39 is 5.41 Å². The average Bonchev–Trinajstić information content (AvgIpc) is 3.06. The Kier molecular flexibility index (Phi) is 4.81. The lowest BCUT2D eigenvalue weighted by Gasteiger charge is -2.29. The lowest BCUT2D eigenvalue weighted by atomic mass is 9.78. The van der Waals surface area contributed by atoms with Gasteiger partial charge in [-0.15, -0.1) is 0 Å². The molecular formula is C20H22ClNO2. The van der Waals surface area contributed by atoms with Crippen LogP contribution >= 0.6 is 11.6 Å². The average molecular weight is 344 g/mol. The van der Waals surface area contributed by atoms with E-state index in [9.17, 15) is 4.79 Å². The van der Waals surface area contributed by atoms with Crippen LogP contribution in [0, 0.1) is 6.92 Å². The highest BCUT2D eigenvalue weighted by molar-refractivity contribution is 6.31. The number of amides is 1. The number of carbonyl (C=O) groups excluding carboxylic acids is 1. The number of rotatable bonds is 4. The van der Waals surface area contributed by atoms with Gasteiger partial charge in [0.15, 0.2) is 0 Å². The summed E-state index contributed by atoms with van der Waals surface area (Å²) >= 11 is 6.41. The van der Waals surface area contributed by atoms with Crippen LogP contribution in [0.25, 0.3) is 0 Å². The number of methoxy groups -OCH3 is 1. The van der Waals surface area contributed by atoms with Gasteiger partial charge in [0.05, 0.1) is 12.5 Å². The summed E-state index contributed by atoms with van der Waals surface area (Å²) < 4.78 is 5.28. The molecule has 0 heterocycles. The highest BCUT2D eigenvalue weighted by atomic mass is 35.5. The zero-order chi connectivity index (χ0) is 17.2. The number of benzene rings is 2. The number of anilines is 1. The second-order valence-electron chi connectivity index (χ2n) is 6.41. The van der Waals surface area contributed by atoms with Crippen molar-refractivity contribution in [3.63, 3.8) is 0 Å². The molecule has 1 amide bonds. The predicted octanol–water partition coefficient (Wildman–Crippen LogP) is 5.11. The third kappa shape index (κ3) is 3.01. The van der Waals surface area contributed by atoms with Crippen LogP contribution in [0.3, 0.4) is 0 Å². The third-order valence-corrected chi connectivity index (χ3v) is 5.26. The second kappa shape index (κ2) is 6.86. The minimum atomic E-state index is -0.536. The van der Waals surface area contributed by atoms with Crippen molar-refractivity contribution in [2.75, 3.05) is 12.4 Å². The zero-order valence-electron chi connectivity index (χ0n) is 14.1. The van der Waals surface area contributed by atoms with Gasteiger partial charge in [-0.1, -0.05) is 42.6 Å². The molecule has 126 valence electrons. The molecular weight excluding hydrogens is 322 g/mol. The summed E-state index contributed by atoms with van der Waals surface area (Å²) in [5.41, 5.74) is 2.18. The molecule has 0 aliphatic heterocycles. The van der Waals surface area contributed by atoms with Crippen LogP contribution in [0.15, 0.2) is 42.5 Å². The zero-order valence-corrected chi connectivity index (χ0v) is 14.8. The number of nitrogens with one attached hydrogen (secondary N) is 1. The molecule has 1 aliphatic carbocycles. The molecule has 0 radical (unpaired) electrons. The van der Waals surface area contributed by atoms with Crippen LogP contribution < -0.4 is 10.1 Å². The first kappa shape index (κ1) is 16.8. The standard InChI is InChI=1S/C20H22ClNO2/c1-14-13-15(9-10-18(14)24-2)22-19(23)20(11-5-6-12-20)16-7-3-4-8-17(16)21/h3-4,7-10,13H,5-6,11-12H2,1-2H3,(H,22,23). The van der Waals surface area contributed by atoms with E-state index in [0.717, 1.165) is 48.2 Å². The molecule has 24 heavy (non-hydrogen) atoms. The fourth-order valence-corrected chi connectivity index (χ4v) is 3.97. The normalized spacial score (nSPS) is 16.0. The molecule has 3 rings (SSSR count). The Hall–Kier alpha value is -2.00. The van der Waals surface area contributed by atoms with Crippen molar-refractivity contribution in [2.24, 2.45) is 0 Å². The van der Waals surface area contributed by atoms with E-state index in [1.807, 2.05) is 49.4 Å². The molecule has 0 saturated heterocycles. The fraction of sp³-hybridized carbons (Fsp3) is 0.350. The first-order valence-electron chi connectivity index (χ1n) is 8.28. The van der Waals surface area contributed by atoms with Crippen molar-refractivity contribution in [3.8, 4) is 5.75 Å². The van der Waals surface area contributed by atoms with Crippen molar-refractivity contribution in [1.29, 1.82) is 0 Å². The monoisotopic (exact) mass is 343 g/mol. The van der Waals surface area contributed by atoms with Crippen molar-refractivity contribution >= 4 is 23.2 Å². The molecule has 2 aromatic carbocycles. The molecule has 0 spiro atoms. The molecule has 4 heteroatoms. The molecule has 3 nitrogen and oxygen atoms in total. The van der Waals surface area contributed by atoms with Gasteiger partial charge in [-0.3, -0.25) is 4.79 Å². The van der Waals surface area contributed by atoms with Gasteiger partial charge < -0.3 is 10.1 Å². The summed E-state index contributed by atoms with van der Waals surface area (Å²) in [5.74, 6) is 0.840. The van der Waals surface area contributed by atoms with E-state index in [2.05, 4.69) is 5.32 Å². The summed E-state index contributed by atoms with van der Waals surface area (Å²) in [5, 5.41) is 3.76. The summed E-state index contributed by atoms with van der Waals surface area (Å²) in [7, 11) is 1.64. The lowest BCUT2D eigenvalue weighted by molar-refractivity contribution is -0.121. The summed E-state index contributed by atoms with van der Waals surface area (Å²) in [6, 6.07) is 13.4. The molecule has 1 N–H and O–H groups in total. The van der Waals surface area contributed by atoms with Gasteiger partial charge in [-0.05, 0) is 55.2 Å². The van der Waals surface area contributed by atoms with Crippen LogP contribution in [-0.2, 0) is 10.2 Å². The highest BCUT2D eigenvalue weighted by Gasteiger charge is 2.43. The predicted molar refractivity (Wildman–Crippen MR) is 98.0 cm³/mol. The van der Waals surface area contributed by atoms with Gasteiger partial charge in [0.25, 0.3) is 0 Å². The Bertz CT molecular complexity index is 751. The molecule has 1 saturated carbocycles. The molecule has 0 atom stereocenters. The Morgan fingerprint density at radius 2 is 1.88 bits per heavy atom. The van der Waals surface area contributed by atoms with Crippen LogP contribution in [0.4, 0.5) is 5.69 Å². The second-order valence-corrected chi connectivity index (χ2v) is 6.81. The van der Waals surface area contributed by atoms with Crippen LogP contribution in [-0.4, -0.2) is 13.0 Å². The smallest absolute Gasteiger partial charge is 0.235 e. The van der Waals surface area contributed by atoms with Gasteiger partial charge in [-0.2, -0.15) is 0 Å². The molecule has 1 aliphatic rings. The summed E-state index contributed by atoms with van der Waals surface area (Å²) in [6.07, 6.45) is 3.75. The number of halogens is 1. The van der Waals surface area contributed by atoms with E-state index in [-0.39, 0.29) is 5.91 Å². The van der Waals surface area contributed by atoms with Crippen molar-refractivity contribution < 1.29 is 9.53 Å². The van der Waals surface area contributed by atoms with Crippen molar-refractivity contribution in [2.45, 2.75) is 38.0 Å². The van der Waals surface area contributed by atoms with E-state index in [1.165, 1.54) is 0 Å². The highest BCUT2D eigenvalue weighted by Crippen LogP contribution is 2.44. The van der Waals surface area contributed by atoms with Crippen molar-refractivity contribution in [3.05, 3.63) is 58.6 Å². The Morgan fingerprint density at radius 1 is 1.17 bits per heavy atom. The number of hydrogen-bond acceptors (Lipinski definition) is 2. The Labute approximate surface area is 148 Å². The van der Waals surface area contributed by atoms with E-state index in [4.69, 9.17) is 16.3 Å². The number of aryl methyl sites for hydroxylation is 1. The maximum atomic E-state index is 13.2. The largest absolute Gasteiger partial charge is 0.496 e. The maximum absolute atomic E-state index is 13.2. The molecule has 1 fully saturated rings. The minimum Gasteiger partial charge on any atom is -0.496 e. The topological polar surface area (TPSA) is 38.3 Å². The molecule has 0 unspecified atom stereocenters. The van der Waals surface area contributed by atoms with E-state index in [1.54, 1.807) is 7.11 Å². The van der Waals surface area contributed by atoms with Crippen LogP contribution in [0.5, 0.6) is 5.75 Å². The number of carbonyl (C=O) groups is 1. The third-order valence-electron chi connectivity index (χ3n) is 4.93. The Balaban J connectivity index is 1.91. The molecule has 0 bridgehead atoms. The summed E-state index contributed by atoms with van der Waals surface area (Å²) in [6.45, 7) is 1.97. The van der Waals surface area contributed by atoms with Crippen LogP contribution in [0.2, 0.25) is 5.02 Å². The minimum absolute atomic E-state index is 0.0256.